The summed E-state index contributed by atoms with van der Waals surface area (Å²) in [6.07, 6.45) is -0.722. The molecule has 0 radical (unpaired) electrons. The fourth-order valence-electron chi connectivity index (χ4n) is 1.73. The number of hydrogen-bond donors (Lipinski definition) is 1. The van der Waals surface area contributed by atoms with Crippen LogP contribution in [0.25, 0.3) is 11.3 Å². The molecule has 0 aliphatic carbocycles. The lowest BCUT2D eigenvalue weighted by molar-refractivity contribution is 0.187. The smallest absolute Gasteiger partial charge is 0.200 e. The molecule has 1 N–H and O–H groups in total. The SMILES string of the molecule is CC(O)Cc1ccc(-c2c(F)c(F)c(F)c(F)c2F)o1. The Labute approximate surface area is 110 Å². The van der Waals surface area contributed by atoms with Crippen molar-refractivity contribution >= 4 is 0 Å². The molecule has 1 aromatic carbocycles. The molecule has 2 aromatic rings. The highest BCUT2D eigenvalue weighted by molar-refractivity contribution is 5.60. The van der Waals surface area contributed by atoms with E-state index in [2.05, 4.69) is 0 Å². The van der Waals surface area contributed by atoms with Crippen LogP contribution in [0.4, 0.5) is 22.0 Å². The molecule has 1 unspecified atom stereocenters. The van der Waals surface area contributed by atoms with Gasteiger partial charge in [0.25, 0.3) is 0 Å². The Morgan fingerprint density at radius 2 is 1.45 bits per heavy atom. The molecular weight excluding hydrogens is 283 g/mol. The Kier molecular flexibility index (Phi) is 3.80. The largest absolute Gasteiger partial charge is 0.461 e. The standard InChI is InChI=1S/C13H9F5O2/c1-5(19)4-6-2-3-7(20-6)8-9(14)11(16)13(18)12(17)10(8)15/h2-3,5,19H,4H2,1H3. The van der Waals surface area contributed by atoms with Gasteiger partial charge in [-0.05, 0) is 19.1 Å². The van der Waals surface area contributed by atoms with Gasteiger partial charge in [-0.15, -0.1) is 0 Å². The molecule has 0 amide bonds. The third kappa shape index (κ3) is 2.40. The van der Waals surface area contributed by atoms with Crippen LogP contribution in [0.5, 0.6) is 0 Å². The molecular formula is C13H9F5O2. The zero-order chi connectivity index (χ0) is 15.0. The molecule has 2 rings (SSSR count). The van der Waals surface area contributed by atoms with E-state index in [9.17, 15) is 22.0 Å². The van der Waals surface area contributed by atoms with Gasteiger partial charge in [-0.2, -0.15) is 0 Å². The predicted molar refractivity (Wildman–Crippen MR) is 59.3 cm³/mol. The van der Waals surface area contributed by atoms with E-state index >= 15 is 0 Å². The second-order valence-electron chi connectivity index (χ2n) is 4.26. The Bertz CT molecular complexity index is 619. The zero-order valence-corrected chi connectivity index (χ0v) is 10.2. The van der Waals surface area contributed by atoms with Crippen molar-refractivity contribution in [3.05, 3.63) is 47.0 Å². The van der Waals surface area contributed by atoms with E-state index in [0.717, 1.165) is 6.07 Å². The van der Waals surface area contributed by atoms with Gasteiger partial charge >= 0.3 is 0 Å². The highest BCUT2D eigenvalue weighted by Gasteiger charge is 2.28. The van der Waals surface area contributed by atoms with Crippen LogP contribution in [0, 0.1) is 29.1 Å². The summed E-state index contributed by atoms with van der Waals surface area (Å²) >= 11 is 0. The summed E-state index contributed by atoms with van der Waals surface area (Å²) in [5, 5.41) is 9.14. The van der Waals surface area contributed by atoms with Crippen molar-refractivity contribution in [1.82, 2.24) is 0 Å². The van der Waals surface area contributed by atoms with Crippen molar-refractivity contribution in [3.8, 4) is 11.3 Å². The fourth-order valence-corrected chi connectivity index (χ4v) is 1.73. The fraction of sp³-hybridized carbons (Fsp3) is 0.231. The minimum atomic E-state index is -2.22. The molecule has 0 aliphatic rings. The molecule has 0 saturated heterocycles. The van der Waals surface area contributed by atoms with Crippen LogP contribution in [-0.4, -0.2) is 11.2 Å². The van der Waals surface area contributed by atoms with E-state index in [0.29, 0.717) is 0 Å². The lowest BCUT2D eigenvalue weighted by Crippen LogP contribution is -2.04. The van der Waals surface area contributed by atoms with Gasteiger partial charge in [-0.25, -0.2) is 22.0 Å². The first kappa shape index (κ1) is 14.5. The van der Waals surface area contributed by atoms with Crippen LogP contribution in [0.3, 0.4) is 0 Å². The minimum Gasteiger partial charge on any atom is -0.461 e. The first-order valence-electron chi connectivity index (χ1n) is 5.61. The lowest BCUT2D eigenvalue weighted by atomic mass is 10.1. The predicted octanol–water partition coefficient (Wildman–Crippen LogP) is 3.57. The second-order valence-corrected chi connectivity index (χ2v) is 4.26. The van der Waals surface area contributed by atoms with E-state index in [1.54, 1.807) is 0 Å². The van der Waals surface area contributed by atoms with Crippen molar-refractivity contribution in [2.24, 2.45) is 0 Å². The second kappa shape index (κ2) is 5.24. The quantitative estimate of drug-likeness (QED) is 0.533. The van der Waals surface area contributed by atoms with Gasteiger partial charge in [0.05, 0.1) is 11.7 Å². The number of hydrogen-bond acceptors (Lipinski definition) is 2. The van der Waals surface area contributed by atoms with Gasteiger partial charge in [0.1, 0.15) is 11.5 Å². The average molecular weight is 292 g/mol. The van der Waals surface area contributed by atoms with Gasteiger partial charge < -0.3 is 9.52 Å². The van der Waals surface area contributed by atoms with Crippen LogP contribution < -0.4 is 0 Å². The molecule has 0 aliphatic heterocycles. The number of aliphatic hydroxyl groups excluding tert-OH is 1. The highest BCUT2D eigenvalue weighted by Crippen LogP contribution is 2.32. The number of furan rings is 1. The summed E-state index contributed by atoms with van der Waals surface area (Å²) in [4.78, 5) is 0. The highest BCUT2D eigenvalue weighted by atomic mass is 19.2. The normalized spacial score (nSPS) is 12.8. The monoisotopic (exact) mass is 292 g/mol. The van der Waals surface area contributed by atoms with Crippen LogP contribution >= 0.6 is 0 Å². The first-order chi connectivity index (χ1) is 9.32. The Morgan fingerprint density at radius 1 is 0.950 bits per heavy atom. The number of aliphatic hydroxyl groups is 1. The Balaban J connectivity index is 2.56. The molecule has 108 valence electrons. The summed E-state index contributed by atoms with van der Waals surface area (Å²) in [5.41, 5.74) is -1.13. The summed E-state index contributed by atoms with van der Waals surface area (Å²) in [6.45, 7) is 1.46. The van der Waals surface area contributed by atoms with Crippen LogP contribution in [0.2, 0.25) is 0 Å². The van der Waals surface area contributed by atoms with E-state index in [-0.39, 0.29) is 12.2 Å². The van der Waals surface area contributed by atoms with Crippen LogP contribution in [-0.2, 0) is 6.42 Å². The van der Waals surface area contributed by atoms with Gasteiger partial charge in [0.15, 0.2) is 23.3 Å². The van der Waals surface area contributed by atoms with Crippen molar-refractivity contribution in [2.45, 2.75) is 19.4 Å². The maximum atomic E-state index is 13.5. The molecule has 7 heteroatoms. The molecule has 0 fully saturated rings. The number of rotatable bonds is 3. The van der Waals surface area contributed by atoms with Crippen LogP contribution in [0.15, 0.2) is 16.5 Å². The molecule has 0 spiro atoms. The third-order valence-corrected chi connectivity index (χ3v) is 2.61. The lowest BCUT2D eigenvalue weighted by Gasteiger charge is -2.06. The molecule has 1 aromatic heterocycles. The van der Waals surface area contributed by atoms with E-state index in [4.69, 9.17) is 9.52 Å². The minimum absolute atomic E-state index is 0.0510. The van der Waals surface area contributed by atoms with Crippen molar-refractivity contribution in [2.75, 3.05) is 0 Å². The van der Waals surface area contributed by atoms with Crippen LogP contribution in [0.1, 0.15) is 12.7 Å². The van der Waals surface area contributed by atoms with Crippen molar-refractivity contribution in [3.63, 3.8) is 0 Å². The average Bonchev–Trinajstić information content (AvgIpc) is 2.81. The summed E-state index contributed by atoms with van der Waals surface area (Å²) < 4.78 is 71.1. The van der Waals surface area contributed by atoms with E-state index in [1.165, 1.54) is 13.0 Å². The van der Waals surface area contributed by atoms with Crippen molar-refractivity contribution < 1.29 is 31.5 Å². The summed E-state index contributed by atoms with van der Waals surface area (Å²) in [6, 6.07) is 2.37. The molecule has 1 heterocycles. The molecule has 0 bridgehead atoms. The zero-order valence-electron chi connectivity index (χ0n) is 10.2. The molecule has 2 nitrogen and oxygen atoms in total. The molecule has 1 atom stereocenters. The van der Waals surface area contributed by atoms with Crippen molar-refractivity contribution in [1.29, 1.82) is 0 Å². The molecule has 0 saturated carbocycles. The van der Waals surface area contributed by atoms with Gasteiger partial charge in [0, 0.05) is 6.42 Å². The van der Waals surface area contributed by atoms with Gasteiger partial charge in [0.2, 0.25) is 5.82 Å². The summed E-state index contributed by atoms with van der Waals surface area (Å²) in [5.74, 6) is -10.5. The van der Waals surface area contributed by atoms with E-state index < -0.39 is 46.5 Å². The Hall–Kier alpha value is -1.89. The van der Waals surface area contributed by atoms with Gasteiger partial charge in [-0.1, -0.05) is 0 Å². The topological polar surface area (TPSA) is 33.4 Å². The first-order valence-corrected chi connectivity index (χ1v) is 5.61. The summed E-state index contributed by atoms with van der Waals surface area (Å²) in [7, 11) is 0. The van der Waals surface area contributed by atoms with E-state index in [1.807, 2.05) is 0 Å². The Morgan fingerprint density at radius 3 is 1.95 bits per heavy atom. The molecule has 20 heavy (non-hydrogen) atoms. The number of halogens is 5. The third-order valence-electron chi connectivity index (χ3n) is 2.61. The maximum absolute atomic E-state index is 13.5. The van der Waals surface area contributed by atoms with Gasteiger partial charge in [-0.3, -0.25) is 0 Å². The maximum Gasteiger partial charge on any atom is 0.200 e. The number of benzene rings is 1.